The Hall–Kier alpha value is 1.70. The molecule has 78 valence electrons. The van der Waals surface area contributed by atoms with Gasteiger partial charge in [-0.2, -0.15) is 0 Å². The third kappa shape index (κ3) is 2.51. The Morgan fingerprint density at radius 2 is 0.929 bits per heavy atom. The maximum absolute atomic E-state index is 5.02. The second-order valence-electron chi connectivity index (χ2n) is 2.07. The van der Waals surface area contributed by atoms with Crippen LogP contribution in [0.4, 0.5) is 0 Å². The highest BCUT2D eigenvalue weighted by molar-refractivity contribution is 9.14. The number of halogens is 6. The molecule has 0 aliphatic carbocycles. The van der Waals surface area contributed by atoms with E-state index in [0.717, 1.165) is 13.4 Å². The fourth-order valence-electron chi connectivity index (χ4n) is 0.727. The van der Waals surface area contributed by atoms with Gasteiger partial charge in [-0.1, -0.05) is 0 Å². The molecule has 1 aromatic carbocycles. The van der Waals surface area contributed by atoms with Crippen molar-refractivity contribution in [1.82, 2.24) is 0 Å². The second-order valence-corrected chi connectivity index (χ2v) is 5.89. The third-order valence-corrected chi connectivity index (χ3v) is 6.08. The number of hydrogen-bond acceptors (Lipinski definition) is 2. The quantitative estimate of drug-likeness (QED) is 0.309. The first kappa shape index (κ1) is 13.8. The van der Waals surface area contributed by atoms with Gasteiger partial charge < -0.3 is 7.66 Å². The van der Waals surface area contributed by atoms with Gasteiger partial charge in [0.1, 0.15) is 4.47 Å². The molecule has 0 aliphatic heterocycles. The van der Waals surface area contributed by atoms with Gasteiger partial charge in [-0.25, -0.2) is 0 Å². The third-order valence-electron chi connectivity index (χ3n) is 1.34. The summed E-state index contributed by atoms with van der Waals surface area (Å²) < 4.78 is 13.0. The van der Waals surface area contributed by atoms with E-state index in [-0.39, 0.29) is 0 Å². The Kier molecular flexibility index (Phi) is 5.76. The molecule has 0 aromatic heterocycles. The van der Waals surface area contributed by atoms with Gasteiger partial charge in [-0.15, -0.1) is 0 Å². The van der Waals surface area contributed by atoms with Crippen LogP contribution in [0.2, 0.25) is 0 Å². The maximum atomic E-state index is 5.02. The summed E-state index contributed by atoms with van der Waals surface area (Å²) in [7, 11) is 0. The zero-order chi connectivity index (χ0) is 10.9. The molecule has 0 radical (unpaired) electrons. The molecule has 0 amide bonds. The van der Waals surface area contributed by atoms with E-state index in [4.69, 9.17) is 7.66 Å². The van der Waals surface area contributed by atoms with E-state index in [1.807, 2.05) is 0 Å². The van der Waals surface area contributed by atoms with Crippen molar-refractivity contribution in [2.45, 2.75) is 0 Å². The first-order valence-electron chi connectivity index (χ1n) is 2.97. The first-order chi connectivity index (χ1) is 6.54. The largest absolute Gasteiger partial charge is 0.415 e. The van der Waals surface area contributed by atoms with Crippen molar-refractivity contribution in [3.63, 3.8) is 0 Å². The summed E-state index contributed by atoms with van der Waals surface area (Å²) in [4.78, 5) is 0. The molecule has 0 saturated carbocycles. The van der Waals surface area contributed by atoms with Gasteiger partial charge in [0.15, 0.2) is 44.0 Å². The minimum Gasteiger partial charge on any atom is -0.415 e. The molecule has 2 nitrogen and oxygen atoms in total. The summed E-state index contributed by atoms with van der Waals surface area (Å²) >= 11 is 19.3. The second kappa shape index (κ2) is 5.86. The zero-order valence-corrected chi connectivity index (χ0v) is 15.6. The lowest BCUT2D eigenvalue weighted by Crippen LogP contribution is -1.87. The number of rotatable bonds is 2. The molecule has 14 heavy (non-hydrogen) atoms. The van der Waals surface area contributed by atoms with Crippen LogP contribution in [0, 0.1) is 0 Å². The average molecular weight is 583 g/mol. The van der Waals surface area contributed by atoms with E-state index in [1.165, 1.54) is 0 Å². The van der Waals surface area contributed by atoms with E-state index in [0.29, 0.717) is 16.0 Å². The fourth-order valence-corrected chi connectivity index (χ4v) is 4.91. The summed E-state index contributed by atoms with van der Waals surface area (Å²) in [6.07, 6.45) is 0. The van der Waals surface area contributed by atoms with Crippen LogP contribution in [0.3, 0.4) is 0 Å². The Bertz CT molecular complexity index is 335. The molecule has 0 atom stereocenters. The van der Waals surface area contributed by atoms with E-state index in [9.17, 15) is 0 Å². The smallest absolute Gasteiger partial charge is 0.179 e. The average Bonchev–Trinajstić information content (AvgIpc) is 2.16. The van der Waals surface area contributed by atoms with Crippen molar-refractivity contribution in [1.29, 1.82) is 0 Å². The highest BCUT2D eigenvalue weighted by Crippen LogP contribution is 2.51. The normalized spacial score (nSPS) is 10.1. The van der Waals surface area contributed by atoms with Gasteiger partial charge in [0.05, 0.1) is 13.4 Å². The van der Waals surface area contributed by atoms with Crippen molar-refractivity contribution in [2.75, 3.05) is 0 Å². The Balaban J connectivity index is 3.56. The Morgan fingerprint density at radius 1 is 0.571 bits per heavy atom. The molecule has 1 rings (SSSR count). The van der Waals surface area contributed by atoms with Crippen LogP contribution < -0.4 is 7.66 Å². The molecule has 0 unspecified atom stereocenters. The van der Waals surface area contributed by atoms with Crippen LogP contribution in [-0.2, 0) is 0 Å². The molecule has 0 aliphatic rings. The molecule has 1 aromatic rings. The van der Waals surface area contributed by atoms with E-state index in [1.54, 1.807) is 0 Å². The van der Waals surface area contributed by atoms with Gasteiger partial charge in [-0.3, -0.25) is 0 Å². The summed E-state index contributed by atoms with van der Waals surface area (Å²) in [6, 6.07) is 0. The predicted octanol–water partition coefficient (Wildman–Crippen LogP) is 6.11. The minimum atomic E-state index is 0.578. The standard InChI is InChI=1S/C6Br6O2/c7-1-2(8)5(13-11)4(10)6(14-12)3(1)9. The van der Waals surface area contributed by atoms with Gasteiger partial charge in [-0.05, 0) is 63.7 Å². The first-order valence-corrected chi connectivity index (χ1v) is 7.44. The van der Waals surface area contributed by atoms with Crippen LogP contribution in [0.15, 0.2) is 17.9 Å². The van der Waals surface area contributed by atoms with Gasteiger partial charge >= 0.3 is 0 Å². The van der Waals surface area contributed by atoms with E-state index in [2.05, 4.69) is 96.2 Å². The summed E-state index contributed by atoms with van der Waals surface area (Å²) in [5.74, 6) is 1.16. The topological polar surface area (TPSA) is 18.5 Å². The maximum Gasteiger partial charge on any atom is 0.179 e. The molecule has 0 bridgehead atoms. The lowest BCUT2D eigenvalue weighted by atomic mass is 10.3. The highest BCUT2D eigenvalue weighted by atomic mass is 79.9. The highest BCUT2D eigenvalue weighted by Gasteiger charge is 2.21. The van der Waals surface area contributed by atoms with Crippen molar-refractivity contribution < 1.29 is 7.66 Å². The van der Waals surface area contributed by atoms with Crippen LogP contribution in [0.1, 0.15) is 0 Å². The van der Waals surface area contributed by atoms with Crippen molar-refractivity contribution in [3.05, 3.63) is 17.9 Å². The minimum absolute atomic E-state index is 0.578. The SMILES string of the molecule is BrOc1c(Br)c(Br)c(Br)c(OBr)c1Br. The molecular formula is C6Br6O2. The zero-order valence-electron chi connectivity index (χ0n) is 6.08. The monoisotopic (exact) mass is 577 g/mol. The molecule has 0 fully saturated rings. The molecule has 0 heterocycles. The molecular weight excluding hydrogens is 583 g/mol. The number of hydrogen-bond donors (Lipinski definition) is 0. The molecule has 8 heteroatoms. The molecule has 0 N–H and O–H groups in total. The van der Waals surface area contributed by atoms with Crippen molar-refractivity contribution in [3.8, 4) is 11.5 Å². The van der Waals surface area contributed by atoms with Crippen LogP contribution in [0.25, 0.3) is 0 Å². The van der Waals surface area contributed by atoms with Crippen molar-refractivity contribution in [2.24, 2.45) is 0 Å². The van der Waals surface area contributed by atoms with Crippen LogP contribution in [0.5, 0.6) is 11.5 Å². The van der Waals surface area contributed by atoms with Crippen LogP contribution >= 0.6 is 96.2 Å². The molecule has 0 saturated heterocycles. The van der Waals surface area contributed by atoms with Crippen molar-refractivity contribution >= 4 is 96.2 Å². The van der Waals surface area contributed by atoms with E-state index >= 15 is 0 Å². The van der Waals surface area contributed by atoms with Gasteiger partial charge in [0, 0.05) is 0 Å². The van der Waals surface area contributed by atoms with Crippen LogP contribution in [-0.4, -0.2) is 0 Å². The summed E-state index contributed by atoms with van der Waals surface area (Å²) in [6.45, 7) is 0. The Labute approximate surface area is 132 Å². The molecule has 0 spiro atoms. The summed E-state index contributed by atoms with van der Waals surface area (Å²) in [5.41, 5.74) is 0. The predicted molar refractivity (Wildman–Crippen MR) is 76.4 cm³/mol. The van der Waals surface area contributed by atoms with Gasteiger partial charge in [0.25, 0.3) is 0 Å². The van der Waals surface area contributed by atoms with E-state index < -0.39 is 0 Å². The van der Waals surface area contributed by atoms with Gasteiger partial charge in [0.2, 0.25) is 0 Å². The lowest BCUT2D eigenvalue weighted by molar-refractivity contribution is 0.631. The summed E-state index contributed by atoms with van der Waals surface area (Å²) in [5, 5.41) is 0. The fraction of sp³-hybridized carbons (Fsp3) is 0. The number of benzene rings is 1. The lowest BCUT2D eigenvalue weighted by Gasteiger charge is -2.11. The Morgan fingerprint density at radius 3 is 1.21 bits per heavy atom.